The molecule has 6 rings (SSSR count). The van der Waals surface area contributed by atoms with E-state index in [-0.39, 0.29) is 17.1 Å². The van der Waals surface area contributed by atoms with Gasteiger partial charge in [0, 0.05) is 0 Å². The van der Waals surface area contributed by atoms with Gasteiger partial charge in [-0.15, -0.1) is 0 Å². The molecular weight excluding hydrogens is 739 g/mol. The first-order chi connectivity index (χ1) is 19.6. The maximum Gasteiger partial charge on any atom is 2.00 e. The Hall–Kier alpha value is -1.51. The molecule has 0 aliphatic heterocycles. The van der Waals surface area contributed by atoms with Crippen LogP contribution in [0.15, 0.2) is 170 Å². The molecule has 0 heterocycles. The summed E-state index contributed by atoms with van der Waals surface area (Å²) in [6.45, 7) is 0. The Morgan fingerprint density at radius 2 is 0.634 bits per heavy atom. The van der Waals surface area contributed by atoms with E-state index in [1.54, 1.807) is 0 Å². The molecule has 0 amide bonds. The third-order valence-electron chi connectivity index (χ3n) is 5.86. The molecule has 0 spiro atoms. The Morgan fingerprint density at radius 1 is 0.390 bits per heavy atom. The second-order valence-corrected chi connectivity index (χ2v) is 20.0. The summed E-state index contributed by atoms with van der Waals surface area (Å²) in [6.07, 6.45) is 0. The van der Waals surface area contributed by atoms with Gasteiger partial charge in [0.25, 0.3) is 0 Å². The smallest absolute Gasteiger partial charge is 0.206 e. The van der Waals surface area contributed by atoms with Gasteiger partial charge < -0.3 is 0 Å². The Labute approximate surface area is 274 Å². The molecule has 0 aliphatic carbocycles. The fraction of sp³-hybridized carbons (Fsp3) is 0. The molecule has 0 aromatic heterocycles. The van der Waals surface area contributed by atoms with Gasteiger partial charge in [0.2, 0.25) is 0 Å². The van der Waals surface area contributed by atoms with E-state index in [0.29, 0.717) is 0 Å². The Kier molecular flexibility index (Phi) is 15.7. The first-order valence-electron chi connectivity index (χ1n) is 12.5. The van der Waals surface area contributed by atoms with Crippen LogP contribution in [0.5, 0.6) is 0 Å². The number of hydrogen-bond acceptors (Lipinski definition) is 0. The van der Waals surface area contributed by atoms with Crippen LogP contribution in [-0.4, -0.2) is 0 Å². The molecular formula is C34H28Cl3FeP2Pd. The van der Waals surface area contributed by atoms with Crippen molar-refractivity contribution < 1.29 is 30.8 Å². The Bertz CT molecular complexity index is 1270. The second kappa shape index (κ2) is 18.9. The number of halogens is 3. The van der Waals surface area contributed by atoms with Gasteiger partial charge >= 0.3 is 59.4 Å². The molecule has 41 heavy (non-hydrogen) atoms. The molecule has 0 saturated carbocycles. The zero-order valence-corrected chi connectivity index (χ0v) is 28.6. The minimum atomic E-state index is -1.57. The van der Waals surface area contributed by atoms with Crippen LogP contribution < -0.4 is 31.8 Å². The minimum absolute atomic E-state index is 0. The first kappa shape index (κ1) is 34.0. The standard InChI is InChI=1S/2C17H14P.3ClH.Fe.Pd/c2*1-3-9-15(10-4-1)18(17-13-7-8-14-17)16-11-5-2-6-12-16;;;;;/h2*1-14H;3*1H;;/q2*-1;;;;+2;+3/p-3. The predicted molar refractivity (Wildman–Crippen MR) is 179 cm³/mol. The Morgan fingerprint density at radius 3 is 0.829 bits per heavy atom. The Balaban J connectivity index is 0.000000196. The van der Waals surface area contributed by atoms with Crippen LogP contribution in [0.1, 0.15) is 0 Å². The number of hydrogen-bond donors (Lipinski definition) is 0. The molecule has 0 unspecified atom stereocenters. The molecule has 0 bridgehead atoms. The molecule has 7 heteroatoms. The summed E-state index contributed by atoms with van der Waals surface area (Å²) >= 11 is -1.57. The van der Waals surface area contributed by atoms with E-state index < -0.39 is 29.5 Å². The normalized spacial score (nSPS) is 10.5. The maximum absolute atomic E-state index is 4.92. The van der Waals surface area contributed by atoms with Crippen molar-refractivity contribution in [1.82, 2.24) is 0 Å². The van der Waals surface area contributed by atoms with Gasteiger partial charge in [-0.2, -0.15) is 47.0 Å². The van der Waals surface area contributed by atoms with Crippen molar-refractivity contribution in [3.8, 4) is 0 Å². The molecule has 0 radical (unpaired) electrons. The summed E-state index contributed by atoms with van der Waals surface area (Å²) in [7, 11) is 13.9. The van der Waals surface area contributed by atoms with Crippen LogP contribution in [0.25, 0.3) is 0 Å². The molecule has 0 aliphatic rings. The fourth-order valence-electron chi connectivity index (χ4n) is 4.23. The van der Waals surface area contributed by atoms with Crippen molar-refractivity contribution in [3.63, 3.8) is 0 Å². The monoisotopic (exact) mass is 765 g/mol. The maximum atomic E-state index is 4.92. The first-order valence-corrected chi connectivity index (χ1v) is 21.2. The van der Waals surface area contributed by atoms with Gasteiger partial charge in [-0.25, -0.2) is 12.1 Å². The zero-order valence-electron chi connectivity index (χ0n) is 21.9. The van der Waals surface area contributed by atoms with E-state index in [2.05, 4.69) is 170 Å². The SMILES string of the molecule is [Cl][Pd]([Cl])[Cl].[Fe+2].c1ccc(P(c2ccccc2)c2cc[cH-]c2)cc1.c1ccc(P(c2ccccc2)c2cc[cH-]c2)cc1. The van der Waals surface area contributed by atoms with Gasteiger partial charge in [-0.1, -0.05) is 137 Å². The summed E-state index contributed by atoms with van der Waals surface area (Å²) in [4.78, 5) is 0. The van der Waals surface area contributed by atoms with E-state index in [9.17, 15) is 0 Å². The summed E-state index contributed by atoms with van der Waals surface area (Å²) in [5.41, 5.74) is 0. The molecule has 0 saturated heterocycles. The van der Waals surface area contributed by atoms with Crippen LogP contribution in [0.3, 0.4) is 0 Å². The molecule has 0 N–H and O–H groups in total. The summed E-state index contributed by atoms with van der Waals surface area (Å²) < 4.78 is 0. The topological polar surface area (TPSA) is 0 Å². The molecule has 213 valence electrons. The molecule has 0 atom stereocenters. The summed E-state index contributed by atoms with van der Waals surface area (Å²) in [6, 6.07) is 60.5. The van der Waals surface area contributed by atoms with E-state index in [1.807, 2.05) is 0 Å². The van der Waals surface area contributed by atoms with E-state index in [1.165, 1.54) is 31.8 Å². The van der Waals surface area contributed by atoms with Crippen molar-refractivity contribution in [1.29, 1.82) is 0 Å². The van der Waals surface area contributed by atoms with Gasteiger partial charge in [0.1, 0.15) is 0 Å². The van der Waals surface area contributed by atoms with Gasteiger partial charge in [0.15, 0.2) is 0 Å². The second-order valence-electron chi connectivity index (χ2n) is 8.43. The largest absolute Gasteiger partial charge is 2.00 e. The number of rotatable bonds is 6. The third-order valence-corrected chi connectivity index (χ3v) is 10.8. The summed E-state index contributed by atoms with van der Waals surface area (Å²) in [5.74, 6) is 0. The van der Waals surface area contributed by atoms with E-state index in [0.717, 1.165) is 0 Å². The number of benzene rings is 4. The predicted octanol–water partition coefficient (Wildman–Crippen LogP) is 8.39. The average Bonchev–Trinajstić information content (AvgIpc) is 3.72. The van der Waals surface area contributed by atoms with Crippen molar-refractivity contribution in [3.05, 3.63) is 170 Å². The van der Waals surface area contributed by atoms with E-state index in [4.69, 9.17) is 28.6 Å². The molecule has 6 aromatic carbocycles. The molecule has 6 aromatic rings. The van der Waals surface area contributed by atoms with Gasteiger partial charge in [0.05, 0.1) is 0 Å². The van der Waals surface area contributed by atoms with Crippen molar-refractivity contribution >= 4 is 76.3 Å². The van der Waals surface area contributed by atoms with Crippen LogP contribution >= 0.6 is 44.4 Å². The van der Waals surface area contributed by atoms with Crippen molar-refractivity contribution in [2.45, 2.75) is 0 Å². The van der Waals surface area contributed by atoms with Crippen LogP contribution in [0.4, 0.5) is 0 Å². The molecule has 0 nitrogen and oxygen atoms in total. The molecule has 0 fully saturated rings. The van der Waals surface area contributed by atoms with Gasteiger partial charge in [-0.3, -0.25) is 0 Å². The third kappa shape index (κ3) is 10.9. The van der Waals surface area contributed by atoms with Crippen LogP contribution in [0.2, 0.25) is 0 Å². The zero-order chi connectivity index (χ0) is 28.0. The minimum Gasteiger partial charge on any atom is -0.206 e. The van der Waals surface area contributed by atoms with Gasteiger partial charge in [-0.05, 0) is 21.2 Å². The van der Waals surface area contributed by atoms with Crippen LogP contribution in [-0.2, 0) is 30.8 Å². The van der Waals surface area contributed by atoms with Crippen molar-refractivity contribution in [2.75, 3.05) is 0 Å². The average molecular weight is 767 g/mol. The summed E-state index contributed by atoms with van der Waals surface area (Å²) in [5, 5.41) is 8.47. The van der Waals surface area contributed by atoms with Crippen molar-refractivity contribution in [2.24, 2.45) is 0 Å². The van der Waals surface area contributed by atoms with E-state index >= 15 is 0 Å². The van der Waals surface area contributed by atoms with Crippen LogP contribution in [0, 0.1) is 0 Å². The fourth-order valence-corrected chi connectivity index (χ4v) is 8.84. The quantitative estimate of drug-likeness (QED) is 0.0909.